The molecule has 0 saturated carbocycles. The molecule has 0 aliphatic rings. The molecule has 0 bridgehead atoms. The number of nitrogens with two attached hydrogens (primary N) is 1. The second-order valence-corrected chi connectivity index (χ2v) is 4.19. The molecular weight excluding hydrogens is 253 g/mol. The Labute approximate surface area is 113 Å². The van der Waals surface area contributed by atoms with Gasteiger partial charge in [0.1, 0.15) is 0 Å². The summed E-state index contributed by atoms with van der Waals surface area (Å²) in [7, 11) is 0. The van der Waals surface area contributed by atoms with Crippen molar-refractivity contribution in [3.8, 4) is 0 Å². The minimum absolute atomic E-state index is 0. The Balaban J connectivity index is 0.00000144. The zero-order valence-electron chi connectivity index (χ0n) is 9.34. The monoisotopic (exact) mass is 267 g/mol. The van der Waals surface area contributed by atoms with Gasteiger partial charge in [0.25, 0.3) is 0 Å². The number of benzene rings is 2. The van der Waals surface area contributed by atoms with Gasteiger partial charge in [0.05, 0.1) is 0 Å². The summed E-state index contributed by atoms with van der Waals surface area (Å²) in [5.41, 5.74) is 8.24. The van der Waals surface area contributed by atoms with Crippen molar-refractivity contribution < 1.29 is 0 Å². The van der Waals surface area contributed by atoms with E-state index in [1.165, 1.54) is 11.1 Å². The Hall–Kier alpha value is -1.02. The lowest BCUT2D eigenvalue weighted by Crippen LogP contribution is -2.13. The van der Waals surface area contributed by atoms with E-state index in [0.29, 0.717) is 6.54 Å². The second kappa shape index (κ2) is 6.65. The van der Waals surface area contributed by atoms with E-state index in [-0.39, 0.29) is 18.3 Å². The van der Waals surface area contributed by atoms with Gasteiger partial charge in [0, 0.05) is 17.5 Å². The Bertz CT molecular complexity index is 457. The Kier molecular flexibility index (Phi) is 5.49. The number of rotatable bonds is 3. The molecule has 1 atom stereocenters. The van der Waals surface area contributed by atoms with E-state index in [4.69, 9.17) is 17.3 Å². The van der Waals surface area contributed by atoms with Gasteiger partial charge >= 0.3 is 0 Å². The molecule has 0 heterocycles. The maximum absolute atomic E-state index is 5.99. The van der Waals surface area contributed by atoms with Gasteiger partial charge in [-0.1, -0.05) is 54.1 Å². The smallest absolute Gasteiger partial charge is 0.0408 e. The molecule has 0 fully saturated rings. The molecule has 2 aromatic rings. The highest BCUT2D eigenvalue weighted by atomic mass is 35.5. The fraction of sp³-hybridized carbons (Fsp3) is 0.143. The average molecular weight is 268 g/mol. The molecule has 3 heteroatoms. The molecule has 0 aliphatic heterocycles. The third-order valence-corrected chi connectivity index (χ3v) is 2.92. The summed E-state index contributed by atoms with van der Waals surface area (Å²) in [6.07, 6.45) is 0. The third kappa shape index (κ3) is 3.47. The van der Waals surface area contributed by atoms with Crippen LogP contribution in [0.1, 0.15) is 17.0 Å². The summed E-state index contributed by atoms with van der Waals surface area (Å²) in [4.78, 5) is 0. The van der Waals surface area contributed by atoms with Gasteiger partial charge < -0.3 is 5.73 Å². The fourth-order valence-electron chi connectivity index (χ4n) is 1.87. The molecule has 0 aromatic heterocycles. The second-order valence-electron chi connectivity index (χ2n) is 3.75. The van der Waals surface area contributed by atoms with Crippen LogP contribution in [0.25, 0.3) is 0 Å². The highest BCUT2D eigenvalue weighted by molar-refractivity contribution is 6.30. The van der Waals surface area contributed by atoms with Crippen molar-refractivity contribution in [2.24, 2.45) is 5.73 Å². The van der Waals surface area contributed by atoms with Crippen LogP contribution in [0, 0.1) is 0 Å². The van der Waals surface area contributed by atoms with Crippen molar-refractivity contribution in [2.75, 3.05) is 6.54 Å². The predicted molar refractivity (Wildman–Crippen MR) is 76.0 cm³/mol. The summed E-state index contributed by atoms with van der Waals surface area (Å²) in [6.45, 7) is 0.588. The average Bonchev–Trinajstić information content (AvgIpc) is 2.31. The molecule has 2 aromatic carbocycles. The van der Waals surface area contributed by atoms with Crippen LogP contribution >= 0.6 is 24.0 Å². The number of hydrogen-bond donors (Lipinski definition) is 1. The van der Waals surface area contributed by atoms with Crippen LogP contribution < -0.4 is 5.73 Å². The lowest BCUT2D eigenvalue weighted by molar-refractivity contribution is 0.819. The quantitative estimate of drug-likeness (QED) is 0.898. The third-order valence-electron chi connectivity index (χ3n) is 2.69. The molecule has 17 heavy (non-hydrogen) atoms. The van der Waals surface area contributed by atoms with Crippen molar-refractivity contribution in [1.82, 2.24) is 0 Å². The van der Waals surface area contributed by atoms with Gasteiger partial charge in [-0.15, -0.1) is 12.4 Å². The lowest BCUT2D eigenvalue weighted by atomic mass is 9.91. The highest BCUT2D eigenvalue weighted by Gasteiger charge is 2.11. The molecule has 2 N–H and O–H groups in total. The summed E-state index contributed by atoms with van der Waals surface area (Å²) < 4.78 is 0. The highest BCUT2D eigenvalue weighted by Crippen LogP contribution is 2.25. The molecule has 0 amide bonds. The van der Waals surface area contributed by atoms with Gasteiger partial charge in [0.2, 0.25) is 0 Å². The van der Waals surface area contributed by atoms with E-state index >= 15 is 0 Å². The van der Waals surface area contributed by atoms with Crippen LogP contribution in [-0.4, -0.2) is 6.54 Å². The molecule has 1 unspecified atom stereocenters. The molecule has 1 nitrogen and oxygen atoms in total. The minimum atomic E-state index is 0. The van der Waals surface area contributed by atoms with Gasteiger partial charge in [-0.2, -0.15) is 0 Å². The topological polar surface area (TPSA) is 26.0 Å². The van der Waals surface area contributed by atoms with E-state index < -0.39 is 0 Å². The predicted octanol–water partition coefficient (Wildman–Crippen LogP) is 3.85. The largest absolute Gasteiger partial charge is 0.330 e. The van der Waals surface area contributed by atoms with Crippen molar-refractivity contribution in [2.45, 2.75) is 5.92 Å². The molecule has 0 spiro atoms. The van der Waals surface area contributed by atoms with Gasteiger partial charge in [0.15, 0.2) is 0 Å². The SMILES string of the molecule is Cl.NCC(c1ccccc1)c1cccc(Cl)c1. The first-order valence-electron chi connectivity index (χ1n) is 5.31. The van der Waals surface area contributed by atoms with Gasteiger partial charge in [-0.25, -0.2) is 0 Å². The summed E-state index contributed by atoms with van der Waals surface area (Å²) in [6, 6.07) is 18.1. The molecule has 0 radical (unpaired) electrons. The molecule has 0 saturated heterocycles. The summed E-state index contributed by atoms with van der Waals surface area (Å²) in [5, 5.41) is 0.756. The van der Waals surface area contributed by atoms with E-state index in [9.17, 15) is 0 Å². The number of halogens is 2. The first-order chi connectivity index (χ1) is 7.81. The van der Waals surface area contributed by atoms with Crippen molar-refractivity contribution in [3.05, 3.63) is 70.7 Å². The zero-order chi connectivity index (χ0) is 11.4. The molecule has 2 rings (SSSR count). The van der Waals surface area contributed by atoms with Crippen molar-refractivity contribution >= 4 is 24.0 Å². The van der Waals surface area contributed by atoms with Gasteiger partial charge in [-0.3, -0.25) is 0 Å². The van der Waals surface area contributed by atoms with E-state index in [1.54, 1.807) is 0 Å². The molecular formula is C14H15Cl2N. The van der Waals surface area contributed by atoms with E-state index in [1.807, 2.05) is 36.4 Å². The first-order valence-corrected chi connectivity index (χ1v) is 5.69. The minimum Gasteiger partial charge on any atom is -0.330 e. The van der Waals surface area contributed by atoms with Crippen LogP contribution in [-0.2, 0) is 0 Å². The summed E-state index contributed by atoms with van der Waals surface area (Å²) in [5.74, 6) is 0.222. The van der Waals surface area contributed by atoms with Crippen LogP contribution in [0.5, 0.6) is 0 Å². The first kappa shape index (κ1) is 14.0. The Morgan fingerprint density at radius 1 is 0.941 bits per heavy atom. The summed E-state index contributed by atoms with van der Waals surface area (Å²) >= 11 is 5.99. The molecule has 90 valence electrons. The van der Waals surface area contributed by atoms with E-state index in [2.05, 4.69) is 18.2 Å². The molecule has 0 aliphatic carbocycles. The van der Waals surface area contributed by atoms with E-state index in [0.717, 1.165) is 5.02 Å². The maximum Gasteiger partial charge on any atom is 0.0408 e. The Morgan fingerprint density at radius 3 is 2.18 bits per heavy atom. The standard InChI is InChI=1S/C14H14ClN.ClH/c15-13-8-4-7-12(9-13)14(10-16)11-5-2-1-3-6-11;/h1-9,14H,10,16H2;1H. The Morgan fingerprint density at radius 2 is 1.59 bits per heavy atom. The maximum atomic E-state index is 5.99. The zero-order valence-corrected chi connectivity index (χ0v) is 10.9. The number of hydrogen-bond acceptors (Lipinski definition) is 1. The van der Waals surface area contributed by atoms with Crippen LogP contribution in [0.3, 0.4) is 0 Å². The van der Waals surface area contributed by atoms with Crippen molar-refractivity contribution in [3.63, 3.8) is 0 Å². The fourth-order valence-corrected chi connectivity index (χ4v) is 2.07. The normalized spacial score (nSPS) is 11.6. The van der Waals surface area contributed by atoms with Crippen LogP contribution in [0.15, 0.2) is 54.6 Å². The van der Waals surface area contributed by atoms with Crippen molar-refractivity contribution in [1.29, 1.82) is 0 Å². The van der Waals surface area contributed by atoms with Crippen LogP contribution in [0.2, 0.25) is 5.02 Å². The van der Waals surface area contributed by atoms with Gasteiger partial charge in [-0.05, 0) is 23.3 Å². The lowest BCUT2D eigenvalue weighted by Gasteiger charge is -2.15. The van der Waals surface area contributed by atoms with Crippen LogP contribution in [0.4, 0.5) is 0 Å².